The molecule has 0 aromatic heterocycles. The van der Waals surface area contributed by atoms with Crippen LogP contribution in [0.2, 0.25) is 0 Å². The number of carboxylic acid groups (broad SMARTS) is 1. The Morgan fingerprint density at radius 2 is 2.00 bits per heavy atom. The molecule has 0 radical (unpaired) electrons. The van der Waals surface area contributed by atoms with Gasteiger partial charge in [0.25, 0.3) is 5.91 Å². The maximum absolute atomic E-state index is 12.4. The molecule has 1 amide bonds. The number of carbonyl (C=O) groups is 2. The molecule has 5 nitrogen and oxygen atoms in total. The highest BCUT2D eigenvalue weighted by molar-refractivity contribution is 8.26. The lowest BCUT2D eigenvalue weighted by molar-refractivity contribution is -0.137. The molecule has 2 aliphatic rings. The van der Waals surface area contributed by atoms with E-state index < -0.39 is 5.97 Å². The first kappa shape index (κ1) is 18.0. The summed E-state index contributed by atoms with van der Waals surface area (Å²) >= 11 is 8.08. The molecule has 1 aromatic rings. The molecule has 25 heavy (non-hydrogen) atoms. The van der Waals surface area contributed by atoms with Crippen LogP contribution in [0.5, 0.6) is 0 Å². The lowest BCUT2D eigenvalue weighted by Gasteiger charge is -2.17. The largest absolute Gasteiger partial charge is 0.481 e. The van der Waals surface area contributed by atoms with Gasteiger partial charge in [-0.3, -0.25) is 14.5 Å². The number of para-hydroxylation sites is 1. The second-order valence-corrected chi connectivity index (χ2v) is 8.06. The van der Waals surface area contributed by atoms with Gasteiger partial charge in [0.15, 0.2) is 0 Å². The first-order valence-corrected chi connectivity index (χ1v) is 9.77. The number of thioether (sulfide) groups is 2. The summed E-state index contributed by atoms with van der Waals surface area (Å²) in [7, 11) is 0. The van der Waals surface area contributed by atoms with Gasteiger partial charge in [-0.2, -0.15) is 0 Å². The third-order valence-electron chi connectivity index (χ3n) is 3.75. The number of hydrogen-bond acceptors (Lipinski definition) is 6. The lowest BCUT2D eigenvalue weighted by Crippen LogP contribution is -2.30. The van der Waals surface area contributed by atoms with E-state index in [1.54, 1.807) is 17.8 Å². The fourth-order valence-electron chi connectivity index (χ4n) is 2.56. The minimum absolute atomic E-state index is 0.106. The Morgan fingerprint density at radius 3 is 2.72 bits per heavy atom. The van der Waals surface area contributed by atoms with Gasteiger partial charge in [0, 0.05) is 18.0 Å². The number of amides is 1. The van der Waals surface area contributed by atoms with Crippen LogP contribution in [0.25, 0.3) is 0 Å². The zero-order valence-corrected chi connectivity index (χ0v) is 15.9. The predicted octanol–water partition coefficient (Wildman–Crippen LogP) is 3.68. The monoisotopic (exact) mass is 392 g/mol. The number of allylic oxidation sites excluding steroid dienone is 2. The van der Waals surface area contributed by atoms with E-state index in [1.807, 2.05) is 18.2 Å². The van der Waals surface area contributed by atoms with E-state index in [4.69, 9.17) is 17.3 Å². The number of fused-ring (bicyclic) bond motifs is 1. The molecule has 0 atom stereocenters. The summed E-state index contributed by atoms with van der Waals surface area (Å²) in [4.78, 5) is 28.4. The van der Waals surface area contributed by atoms with Gasteiger partial charge in [-0.1, -0.05) is 47.9 Å². The molecule has 0 bridgehead atoms. The number of carbonyl (C=O) groups excluding carboxylic acids is 1. The maximum atomic E-state index is 12.4. The highest BCUT2D eigenvalue weighted by Crippen LogP contribution is 2.45. The van der Waals surface area contributed by atoms with Crippen molar-refractivity contribution in [3.05, 3.63) is 46.4 Å². The molecule has 2 heterocycles. The number of thiocarbonyl (C=S) groups is 1. The summed E-state index contributed by atoms with van der Waals surface area (Å²) in [6, 6.07) is 8.18. The van der Waals surface area contributed by atoms with Gasteiger partial charge in [-0.05, 0) is 31.2 Å². The quantitative estimate of drug-likeness (QED) is 0.606. The average Bonchev–Trinajstić information content (AvgIpc) is 3.07. The molecule has 130 valence electrons. The van der Waals surface area contributed by atoms with Crippen molar-refractivity contribution >= 4 is 57.6 Å². The maximum Gasteiger partial charge on any atom is 0.305 e. The van der Waals surface area contributed by atoms with Crippen LogP contribution in [0.15, 0.2) is 51.2 Å². The summed E-state index contributed by atoms with van der Waals surface area (Å²) in [5, 5.41) is 9.84. The van der Waals surface area contributed by atoms with E-state index in [1.165, 1.54) is 27.2 Å². The lowest BCUT2D eigenvalue weighted by atomic mass is 10.3. The summed E-state index contributed by atoms with van der Waals surface area (Å²) in [6.07, 6.45) is 3.59. The molecule has 1 aromatic carbocycles. The average molecular weight is 393 g/mol. The number of benzene rings is 1. The van der Waals surface area contributed by atoms with Gasteiger partial charge >= 0.3 is 5.97 Å². The Bertz CT molecular complexity index is 804. The van der Waals surface area contributed by atoms with E-state index >= 15 is 0 Å². The molecular formula is C17H16N2O3S3. The SMILES string of the molecule is CCN1C(=CC=C2SC(=S)N(CCC(=O)O)C2=O)Sc2ccccc21. The molecule has 0 aliphatic carbocycles. The van der Waals surface area contributed by atoms with Crippen molar-refractivity contribution in [2.75, 3.05) is 18.0 Å². The van der Waals surface area contributed by atoms with Crippen LogP contribution < -0.4 is 4.90 Å². The van der Waals surface area contributed by atoms with Gasteiger partial charge in [0.2, 0.25) is 0 Å². The van der Waals surface area contributed by atoms with Crippen molar-refractivity contribution in [2.24, 2.45) is 0 Å². The zero-order chi connectivity index (χ0) is 18.0. The third kappa shape index (κ3) is 3.75. The van der Waals surface area contributed by atoms with Gasteiger partial charge in [-0.25, -0.2) is 0 Å². The summed E-state index contributed by atoms with van der Waals surface area (Å²) in [5.74, 6) is -1.17. The number of anilines is 1. The smallest absolute Gasteiger partial charge is 0.305 e. The highest BCUT2D eigenvalue weighted by Gasteiger charge is 2.32. The van der Waals surface area contributed by atoms with Gasteiger partial charge in [0.05, 0.1) is 22.0 Å². The molecule has 0 spiro atoms. The van der Waals surface area contributed by atoms with Gasteiger partial charge in [-0.15, -0.1) is 0 Å². The van der Waals surface area contributed by atoms with Crippen LogP contribution in [0.1, 0.15) is 13.3 Å². The molecule has 1 N–H and O–H groups in total. The number of nitrogens with zero attached hydrogens (tertiary/aromatic N) is 2. The number of aliphatic carboxylic acids is 1. The summed E-state index contributed by atoms with van der Waals surface area (Å²) in [6.45, 7) is 3.03. The van der Waals surface area contributed by atoms with E-state index in [2.05, 4.69) is 24.0 Å². The van der Waals surface area contributed by atoms with Gasteiger partial charge in [0.1, 0.15) is 4.32 Å². The molecule has 2 aliphatic heterocycles. The Labute approximate surface area is 159 Å². The third-order valence-corrected chi connectivity index (χ3v) is 6.28. The van der Waals surface area contributed by atoms with Crippen LogP contribution in [0.4, 0.5) is 5.69 Å². The van der Waals surface area contributed by atoms with Crippen molar-refractivity contribution in [1.29, 1.82) is 0 Å². The molecule has 8 heteroatoms. The molecular weight excluding hydrogens is 376 g/mol. The van der Waals surface area contributed by atoms with Crippen molar-refractivity contribution in [3.8, 4) is 0 Å². The van der Waals surface area contributed by atoms with Crippen molar-refractivity contribution < 1.29 is 14.7 Å². The van der Waals surface area contributed by atoms with E-state index in [-0.39, 0.29) is 18.9 Å². The van der Waals surface area contributed by atoms with Crippen LogP contribution >= 0.6 is 35.7 Å². The van der Waals surface area contributed by atoms with Crippen LogP contribution in [0.3, 0.4) is 0 Å². The second-order valence-electron chi connectivity index (χ2n) is 5.32. The van der Waals surface area contributed by atoms with Crippen LogP contribution in [-0.2, 0) is 9.59 Å². The highest BCUT2D eigenvalue weighted by atomic mass is 32.2. The second kappa shape index (κ2) is 7.63. The van der Waals surface area contributed by atoms with Crippen LogP contribution in [-0.4, -0.2) is 39.3 Å². The minimum Gasteiger partial charge on any atom is -0.481 e. The van der Waals surface area contributed by atoms with Crippen LogP contribution in [0, 0.1) is 0 Å². The van der Waals surface area contributed by atoms with Crippen molar-refractivity contribution in [3.63, 3.8) is 0 Å². The van der Waals surface area contributed by atoms with Crippen molar-refractivity contribution in [1.82, 2.24) is 4.90 Å². The summed E-state index contributed by atoms with van der Waals surface area (Å²) < 4.78 is 0.408. The predicted molar refractivity (Wildman–Crippen MR) is 106 cm³/mol. The first-order valence-electron chi connectivity index (χ1n) is 7.73. The van der Waals surface area contributed by atoms with Crippen molar-refractivity contribution in [2.45, 2.75) is 18.2 Å². The normalized spacial score (nSPS) is 20.0. The van der Waals surface area contributed by atoms with E-state index in [9.17, 15) is 9.59 Å². The number of carboxylic acids is 1. The number of hydrogen-bond donors (Lipinski definition) is 1. The fraction of sp³-hybridized carbons (Fsp3) is 0.235. The zero-order valence-electron chi connectivity index (χ0n) is 13.5. The summed E-state index contributed by atoms with van der Waals surface area (Å²) in [5.41, 5.74) is 1.17. The van der Waals surface area contributed by atoms with E-state index in [0.717, 1.165) is 11.6 Å². The standard InChI is InChI=1S/C17H16N2O3S3/c1-2-18-11-5-3-4-6-12(11)24-14(18)8-7-13-16(22)19(17(23)25-13)10-9-15(20)21/h3-8H,2,9-10H2,1H3,(H,20,21). The molecule has 3 rings (SSSR count). The molecule has 1 saturated heterocycles. The first-order chi connectivity index (χ1) is 12.0. The van der Waals surface area contributed by atoms with E-state index in [0.29, 0.717) is 9.23 Å². The Kier molecular flexibility index (Phi) is 5.51. The molecule has 0 unspecified atom stereocenters. The van der Waals surface area contributed by atoms with Gasteiger partial charge < -0.3 is 10.0 Å². The number of rotatable bonds is 5. The Morgan fingerprint density at radius 1 is 1.24 bits per heavy atom. The fourth-order valence-corrected chi connectivity index (χ4v) is 4.94. The minimum atomic E-state index is -0.946. The topological polar surface area (TPSA) is 60.9 Å². The Hall–Kier alpha value is -1.77. The molecule has 1 fully saturated rings. The molecule has 0 saturated carbocycles. The Balaban J connectivity index is 1.78.